The SMILES string of the molecule is N#Cc1ccccc1Oc1ccc(F)cc1N. The Bertz CT molecular complexity index is 590. The highest BCUT2D eigenvalue weighted by atomic mass is 19.1. The van der Waals surface area contributed by atoms with Crippen LogP contribution >= 0.6 is 0 Å². The summed E-state index contributed by atoms with van der Waals surface area (Å²) in [6.07, 6.45) is 0. The van der Waals surface area contributed by atoms with Crippen LogP contribution in [0.15, 0.2) is 42.5 Å². The van der Waals surface area contributed by atoms with E-state index in [0.29, 0.717) is 17.1 Å². The second-order valence-electron chi connectivity index (χ2n) is 3.39. The Morgan fingerprint density at radius 3 is 2.59 bits per heavy atom. The zero-order valence-corrected chi connectivity index (χ0v) is 8.85. The van der Waals surface area contributed by atoms with Gasteiger partial charge in [0.15, 0.2) is 5.75 Å². The van der Waals surface area contributed by atoms with Crippen molar-refractivity contribution < 1.29 is 9.13 Å². The van der Waals surface area contributed by atoms with Crippen LogP contribution < -0.4 is 10.5 Å². The van der Waals surface area contributed by atoms with Gasteiger partial charge < -0.3 is 10.5 Å². The molecule has 2 aromatic carbocycles. The van der Waals surface area contributed by atoms with Crippen LogP contribution in [0.4, 0.5) is 10.1 Å². The molecule has 84 valence electrons. The number of nitrogens with zero attached hydrogens (tertiary/aromatic N) is 1. The predicted molar refractivity (Wildman–Crippen MR) is 62.0 cm³/mol. The molecule has 0 spiro atoms. The lowest BCUT2D eigenvalue weighted by atomic mass is 10.2. The van der Waals surface area contributed by atoms with Crippen molar-refractivity contribution in [3.8, 4) is 17.6 Å². The van der Waals surface area contributed by atoms with Gasteiger partial charge in [-0.05, 0) is 24.3 Å². The molecule has 3 nitrogen and oxygen atoms in total. The third kappa shape index (κ3) is 2.34. The number of nitrogens with two attached hydrogens (primary N) is 1. The summed E-state index contributed by atoms with van der Waals surface area (Å²) in [5, 5.41) is 8.89. The summed E-state index contributed by atoms with van der Waals surface area (Å²) in [5.74, 6) is 0.297. The molecule has 0 atom stereocenters. The number of nitriles is 1. The van der Waals surface area contributed by atoms with Crippen molar-refractivity contribution in [2.75, 3.05) is 5.73 Å². The summed E-state index contributed by atoms with van der Waals surface area (Å²) in [5.41, 5.74) is 6.20. The van der Waals surface area contributed by atoms with Crippen LogP contribution in [0.25, 0.3) is 0 Å². The zero-order chi connectivity index (χ0) is 12.3. The van der Waals surface area contributed by atoms with E-state index in [1.165, 1.54) is 18.2 Å². The van der Waals surface area contributed by atoms with Gasteiger partial charge in [-0.1, -0.05) is 12.1 Å². The molecule has 2 aromatic rings. The van der Waals surface area contributed by atoms with Crippen LogP contribution in [-0.4, -0.2) is 0 Å². The van der Waals surface area contributed by atoms with Gasteiger partial charge >= 0.3 is 0 Å². The van der Waals surface area contributed by atoms with E-state index in [1.54, 1.807) is 24.3 Å². The van der Waals surface area contributed by atoms with Crippen molar-refractivity contribution >= 4 is 5.69 Å². The van der Waals surface area contributed by atoms with Gasteiger partial charge in [0.25, 0.3) is 0 Å². The Morgan fingerprint density at radius 2 is 1.88 bits per heavy atom. The second kappa shape index (κ2) is 4.54. The van der Waals surface area contributed by atoms with Crippen molar-refractivity contribution in [2.24, 2.45) is 0 Å². The number of ether oxygens (including phenoxy) is 1. The number of anilines is 1. The van der Waals surface area contributed by atoms with Crippen molar-refractivity contribution in [3.63, 3.8) is 0 Å². The number of para-hydroxylation sites is 1. The maximum Gasteiger partial charge on any atom is 0.150 e. The summed E-state index contributed by atoms with van der Waals surface area (Å²) in [7, 11) is 0. The fourth-order valence-electron chi connectivity index (χ4n) is 1.38. The smallest absolute Gasteiger partial charge is 0.150 e. The molecular formula is C13H9FN2O. The van der Waals surface area contributed by atoms with Crippen molar-refractivity contribution in [1.82, 2.24) is 0 Å². The second-order valence-corrected chi connectivity index (χ2v) is 3.39. The Labute approximate surface area is 97.9 Å². The average molecular weight is 228 g/mol. The van der Waals surface area contributed by atoms with E-state index < -0.39 is 5.82 Å². The van der Waals surface area contributed by atoms with Crippen LogP contribution in [0.5, 0.6) is 11.5 Å². The molecule has 4 heteroatoms. The first-order valence-electron chi connectivity index (χ1n) is 4.92. The van der Waals surface area contributed by atoms with Gasteiger partial charge in [0.2, 0.25) is 0 Å². The number of nitrogen functional groups attached to an aromatic ring is 1. The van der Waals surface area contributed by atoms with E-state index >= 15 is 0 Å². The van der Waals surface area contributed by atoms with Gasteiger partial charge in [-0.25, -0.2) is 4.39 Å². The molecule has 0 radical (unpaired) electrons. The van der Waals surface area contributed by atoms with Crippen LogP contribution in [-0.2, 0) is 0 Å². The highest BCUT2D eigenvalue weighted by Gasteiger charge is 2.06. The molecule has 17 heavy (non-hydrogen) atoms. The number of benzene rings is 2. The molecule has 0 saturated heterocycles. The normalized spacial score (nSPS) is 9.65. The van der Waals surface area contributed by atoms with Gasteiger partial charge in [-0.15, -0.1) is 0 Å². The maximum atomic E-state index is 12.8. The Hall–Kier alpha value is -2.54. The van der Waals surface area contributed by atoms with Crippen LogP contribution in [0.2, 0.25) is 0 Å². The number of hydrogen-bond acceptors (Lipinski definition) is 3. The molecule has 0 fully saturated rings. The largest absolute Gasteiger partial charge is 0.454 e. The average Bonchev–Trinajstić information content (AvgIpc) is 2.33. The lowest BCUT2D eigenvalue weighted by Crippen LogP contribution is -1.94. The lowest BCUT2D eigenvalue weighted by molar-refractivity contribution is 0.481. The van der Waals surface area contributed by atoms with Gasteiger partial charge in [0, 0.05) is 6.07 Å². The van der Waals surface area contributed by atoms with Crippen molar-refractivity contribution in [3.05, 3.63) is 53.8 Å². The van der Waals surface area contributed by atoms with E-state index in [4.69, 9.17) is 15.7 Å². The van der Waals surface area contributed by atoms with E-state index in [0.717, 1.165) is 0 Å². The van der Waals surface area contributed by atoms with Gasteiger partial charge in [-0.2, -0.15) is 5.26 Å². The predicted octanol–water partition coefficient (Wildman–Crippen LogP) is 3.07. The standard InChI is InChI=1S/C13H9FN2O/c14-10-5-6-13(11(16)7-10)17-12-4-2-1-3-9(12)8-15/h1-7H,16H2. The highest BCUT2D eigenvalue weighted by molar-refractivity contribution is 5.55. The molecule has 0 heterocycles. The molecule has 0 amide bonds. The van der Waals surface area contributed by atoms with Crippen LogP contribution in [0.3, 0.4) is 0 Å². The first kappa shape index (κ1) is 11.0. The summed E-state index contributed by atoms with van der Waals surface area (Å²) < 4.78 is 18.3. The van der Waals surface area contributed by atoms with Crippen LogP contribution in [0, 0.1) is 17.1 Å². The number of rotatable bonds is 2. The lowest BCUT2D eigenvalue weighted by Gasteiger charge is -2.09. The van der Waals surface area contributed by atoms with Crippen LogP contribution in [0.1, 0.15) is 5.56 Å². The maximum absolute atomic E-state index is 12.8. The van der Waals surface area contributed by atoms with E-state index in [-0.39, 0.29) is 5.69 Å². The quantitative estimate of drug-likeness (QED) is 0.803. The van der Waals surface area contributed by atoms with E-state index in [2.05, 4.69) is 0 Å². The van der Waals surface area contributed by atoms with Crippen molar-refractivity contribution in [2.45, 2.75) is 0 Å². The minimum Gasteiger partial charge on any atom is -0.454 e. The molecule has 0 aliphatic heterocycles. The molecule has 0 aliphatic carbocycles. The first-order chi connectivity index (χ1) is 8.20. The Balaban J connectivity index is 2.35. The van der Waals surface area contributed by atoms with Gasteiger partial charge in [0.05, 0.1) is 11.3 Å². The van der Waals surface area contributed by atoms with E-state index in [1.807, 2.05) is 6.07 Å². The fourth-order valence-corrected chi connectivity index (χ4v) is 1.38. The molecule has 0 aromatic heterocycles. The number of halogens is 1. The molecular weight excluding hydrogens is 219 g/mol. The molecule has 0 aliphatic rings. The Morgan fingerprint density at radius 1 is 1.12 bits per heavy atom. The van der Waals surface area contributed by atoms with E-state index in [9.17, 15) is 4.39 Å². The van der Waals surface area contributed by atoms with Gasteiger partial charge in [0.1, 0.15) is 17.6 Å². The molecule has 2 rings (SSSR count). The highest BCUT2D eigenvalue weighted by Crippen LogP contribution is 2.29. The molecule has 0 saturated carbocycles. The summed E-state index contributed by atoms with van der Waals surface area (Å²) >= 11 is 0. The minimum absolute atomic E-state index is 0.192. The topological polar surface area (TPSA) is 59.0 Å². The summed E-state index contributed by atoms with van der Waals surface area (Å²) in [4.78, 5) is 0. The summed E-state index contributed by atoms with van der Waals surface area (Å²) in [6.45, 7) is 0. The molecule has 0 unspecified atom stereocenters. The minimum atomic E-state index is -0.427. The molecule has 2 N–H and O–H groups in total. The fraction of sp³-hybridized carbons (Fsp3) is 0. The monoisotopic (exact) mass is 228 g/mol. The Kier molecular flexibility index (Phi) is 2.93. The zero-order valence-electron chi connectivity index (χ0n) is 8.85. The molecule has 0 bridgehead atoms. The third-order valence-electron chi connectivity index (χ3n) is 2.20. The summed E-state index contributed by atoms with van der Waals surface area (Å²) in [6, 6.07) is 12.6. The van der Waals surface area contributed by atoms with Crippen molar-refractivity contribution in [1.29, 1.82) is 5.26 Å². The number of hydrogen-bond donors (Lipinski definition) is 1. The first-order valence-corrected chi connectivity index (χ1v) is 4.92. The third-order valence-corrected chi connectivity index (χ3v) is 2.20. The van der Waals surface area contributed by atoms with Gasteiger partial charge in [-0.3, -0.25) is 0 Å².